The molecule has 0 amide bonds. The average Bonchev–Trinajstić information content (AvgIpc) is 3.36. The van der Waals surface area contributed by atoms with Crippen LogP contribution in [0.2, 0.25) is 0 Å². The Bertz CT molecular complexity index is 907. The van der Waals surface area contributed by atoms with E-state index in [-0.39, 0.29) is 17.7 Å². The molecule has 1 aromatic carbocycles. The molecule has 30 heavy (non-hydrogen) atoms. The molecule has 1 aliphatic heterocycles. The smallest absolute Gasteiger partial charge is 0.168 e. The quantitative estimate of drug-likeness (QED) is 0.705. The Hall–Kier alpha value is -2.08. The number of rotatable bonds is 4. The predicted molar refractivity (Wildman–Crippen MR) is 113 cm³/mol. The second-order valence-electron chi connectivity index (χ2n) is 8.70. The van der Waals surface area contributed by atoms with E-state index >= 15 is 0 Å². The summed E-state index contributed by atoms with van der Waals surface area (Å²) in [6.45, 7) is 1.43. The topological polar surface area (TPSA) is 40.6 Å². The lowest BCUT2D eigenvalue weighted by Gasteiger charge is -2.39. The highest BCUT2D eigenvalue weighted by Gasteiger charge is 2.51. The maximum absolute atomic E-state index is 13.5. The number of hydrogen-bond acceptors (Lipinski definition) is 4. The molecular weight excluding hydrogens is 381 g/mol. The van der Waals surface area contributed by atoms with E-state index in [1.165, 1.54) is 12.1 Å². The lowest BCUT2D eigenvalue weighted by molar-refractivity contribution is -0.193. The van der Waals surface area contributed by atoms with Crippen molar-refractivity contribution in [2.24, 2.45) is 17.8 Å². The number of methoxy groups -OCH3 is 1. The van der Waals surface area contributed by atoms with Gasteiger partial charge >= 0.3 is 0 Å². The first-order valence-electron chi connectivity index (χ1n) is 10.9. The van der Waals surface area contributed by atoms with Gasteiger partial charge in [0.1, 0.15) is 5.82 Å². The fraction of sp³-hybridized carbons (Fsp3) is 0.480. The van der Waals surface area contributed by atoms with Crippen molar-refractivity contribution in [3.8, 4) is 11.1 Å². The van der Waals surface area contributed by atoms with E-state index in [4.69, 9.17) is 14.2 Å². The summed E-state index contributed by atoms with van der Waals surface area (Å²) in [6, 6.07) is 10.6. The fourth-order valence-corrected chi connectivity index (χ4v) is 5.60. The van der Waals surface area contributed by atoms with Gasteiger partial charge in [0.15, 0.2) is 5.79 Å². The first kappa shape index (κ1) is 19.9. The minimum atomic E-state index is -0.341. The maximum Gasteiger partial charge on any atom is 0.168 e. The third-order valence-corrected chi connectivity index (χ3v) is 7.05. The van der Waals surface area contributed by atoms with Gasteiger partial charge in [-0.2, -0.15) is 0 Å². The van der Waals surface area contributed by atoms with Crippen LogP contribution < -0.4 is 0 Å². The summed E-state index contributed by atoms with van der Waals surface area (Å²) >= 11 is 0. The molecule has 0 N–H and O–H groups in total. The molecule has 1 saturated heterocycles. The van der Waals surface area contributed by atoms with Gasteiger partial charge in [-0.25, -0.2) is 4.39 Å². The summed E-state index contributed by atoms with van der Waals surface area (Å²) in [4.78, 5) is 4.57. The van der Waals surface area contributed by atoms with Gasteiger partial charge in [0.05, 0.1) is 25.0 Å². The first-order valence-corrected chi connectivity index (χ1v) is 10.9. The lowest BCUT2D eigenvalue weighted by Crippen LogP contribution is -2.39. The molecule has 3 fully saturated rings. The Balaban J connectivity index is 1.29. The van der Waals surface area contributed by atoms with Crippen LogP contribution in [-0.4, -0.2) is 37.2 Å². The lowest BCUT2D eigenvalue weighted by atomic mass is 9.75. The second kappa shape index (κ2) is 8.22. The minimum absolute atomic E-state index is 0.222. The molecule has 0 bridgehead atoms. The number of benzene rings is 1. The minimum Gasteiger partial charge on any atom is -0.381 e. The zero-order valence-electron chi connectivity index (χ0n) is 17.3. The van der Waals surface area contributed by atoms with Crippen molar-refractivity contribution in [2.75, 3.05) is 20.3 Å². The summed E-state index contributed by atoms with van der Waals surface area (Å²) < 4.78 is 31.3. The average molecular weight is 410 g/mol. The van der Waals surface area contributed by atoms with Crippen LogP contribution in [0.4, 0.5) is 4.39 Å². The van der Waals surface area contributed by atoms with Crippen LogP contribution in [0.25, 0.3) is 17.2 Å². The second-order valence-corrected chi connectivity index (χ2v) is 8.70. The highest BCUT2D eigenvalue weighted by atomic mass is 19.1. The molecule has 5 heteroatoms. The highest BCUT2D eigenvalue weighted by Crippen LogP contribution is 2.52. The normalized spacial score (nSPS) is 30.2. The van der Waals surface area contributed by atoms with E-state index in [2.05, 4.69) is 17.1 Å². The van der Waals surface area contributed by atoms with E-state index in [1.54, 1.807) is 12.3 Å². The fourth-order valence-electron chi connectivity index (χ4n) is 5.60. The van der Waals surface area contributed by atoms with E-state index in [9.17, 15) is 4.39 Å². The molecule has 2 heterocycles. The van der Waals surface area contributed by atoms with E-state index in [0.717, 1.165) is 42.5 Å². The molecule has 3 aliphatic rings. The molecule has 0 unspecified atom stereocenters. The van der Waals surface area contributed by atoms with Gasteiger partial charge in [-0.05, 0) is 54.5 Å². The Morgan fingerprint density at radius 2 is 2.03 bits per heavy atom. The third-order valence-electron chi connectivity index (χ3n) is 7.05. The molecule has 158 valence electrons. The van der Waals surface area contributed by atoms with Crippen molar-refractivity contribution in [2.45, 2.75) is 37.6 Å². The third kappa shape index (κ3) is 3.82. The first-order chi connectivity index (χ1) is 14.7. The predicted octanol–water partition coefficient (Wildman–Crippen LogP) is 5.10. The maximum atomic E-state index is 13.5. The summed E-state index contributed by atoms with van der Waals surface area (Å²) in [6.07, 6.45) is 10.5. The molecule has 2 aliphatic carbocycles. The van der Waals surface area contributed by atoms with Crippen molar-refractivity contribution in [1.82, 2.24) is 4.98 Å². The van der Waals surface area contributed by atoms with E-state index in [1.807, 2.05) is 25.3 Å². The number of ether oxygens (including phenoxy) is 3. The molecule has 4 atom stereocenters. The molecule has 1 spiro atoms. The van der Waals surface area contributed by atoms with E-state index < -0.39 is 0 Å². The summed E-state index contributed by atoms with van der Waals surface area (Å²) in [5.41, 5.74) is 2.66. The Labute approximate surface area is 177 Å². The largest absolute Gasteiger partial charge is 0.381 e. The van der Waals surface area contributed by atoms with Gasteiger partial charge < -0.3 is 14.2 Å². The molecule has 1 aromatic heterocycles. The number of pyridine rings is 1. The monoisotopic (exact) mass is 409 g/mol. The SMILES string of the molecule is CO[C@H]1C[C@@H]2CC3(CC[C@H]2[C@@H]1/C=C/c1ccc(-c2cccc(F)c2)cn1)OCCO3. The number of hydrogen-bond donors (Lipinski definition) is 0. The number of fused-ring (bicyclic) bond motifs is 1. The molecule has 4 nitrogen and oxygen atoms in total. The summed E-state index contributed by atoms with van der Waals surface area (Å²) in [5.74, 6) is 0.965. The Morgan fingerprint density at radius 3 is 2.77 bits per heavy atom. The van der Waals surface area contributed by atoms with Gasteiger partial charge in [-0.15, -0.1) is 0 Å². The molecule has 2 aromatic rings. The molecule has 5 rings (SSSR count). The zero-order chi connectivity index (χ0) is 20.6. The van der Waals surface area contributed by atoms with Crippen LogP contribution in [0.15, 0.2) is 48.7 Å². The highest BCUT2D eigenvalue weighted by molar-refractivity contribution is 5.63. The van der Waals surface area contributed by atoms with Gasteiger partial charge in [0, 0.05) is 37.6 Å². The van der Waals surface area contributed by atoms with Crippen molar-refractivity contribution in [1.29, 1.82) is 0 Å². The van der Waals surface area contributed by atoms with Crippen molar-refractivity contribution >= 4 is 6.08 Å². The van der Waals surface area contributed by atoms with Crippen LogP contribution in [0.5, 0.6) is 0 Å². The van der Waals surface area contributed by atoms with Crippen molar-refractivity contribution in [3.05, 3.63) is 60.2 Å². The Kier molecular flexibility index (Phi) is 5.44. The van der Waals surface area contributed by atoms with Gasteiger partial charge in [0.2, 0.25) is 0 Å². The van der Waals surface area contributed by atoms with Gasteiger partial charge in [-0.3, -0.25) is 4.98 Å². The Morgan fingerprint density at radius 1 is 1.17 bits per heavy atom. The number of halogens is 1. The molecular formula is C25H28FNO3. The van der Waals surface area contributed by atoms with Crippen molar-refractivity contribution < 1.29 is 18.6 Å². The summed E-state index contributed by atoms with van der Waals surface area (Å²) in [7, 11) is 1.81. The summed E-state index contributed by atoms with van der Waals surface area (Å²) in [5, 5.41) is 0. The van der Waals surface area contributed by atoms with Crippen LogP contribution in [0.1, 0.15) is 31.4 Å². The van der Waals surface area contributed by atoms with Gasteiger partial charge in [0.25, 0.3) is 0 Å². The van der Waals surface area contributed by atoms with Crippen LogP contribution in [-0.2, 0) is 14.2 Å². The van der Waals surface area contributed by atoms with Crippen LogP contribution >= 0.6 is 0 Å². The van der Waals surface area contributed by atoms with Gasteiger partial charge in [-0.1, -0.05) is 24.3 Å². The van der Waals surface area contributed by atoms with E-state index in [0.29, 0.717) is 31.0 Å². The van der Waals surface area contributed by atoms with Crippen molar-refractivity contribution in [3.63, 3.8) is 0 Å². The number of nitrogens with zero attached hydrogens (tertiary/aromatic N) is 1. The zero-order valence-corrected chi connectivity index (χ0v) is 17.3. The van der Waals surface area contributed by atoms with Crippen LogP contribution in [0.3, 0.4) is 0 Å². The van der Waals surface area contributed by atoms with Crippen LogP contribution in [0, 0.1) is 23.6 Å². The molecule has 0 radical (unpaired) electrons. The standard InChI is InChI=1S/C25H28FNO3/c1-28-24-14-19-15-25(29-11-12-30-25)10-9-22(19)23(24)8-7-21-6-5-18(16-27-21)17-3-2-4-20(26)13-17/h2-8,13,16,19,22-24H,9-12,14-15H2,1H3/b8-7+/t19-,22-,23+,24+/m1/s1. The number of aromatic nitrogens is 1. The molecule has 2 saturated carbocycles.